The molecule has 0 saturated heterocycles. The number of rotatable bonds is 0. The van der Waals surface area contributed by atoms with E-state index in [9.17, 15) is 0 Å². The third kappa shape index (κ3) is 0.795. The summed E-state index contributed by atoms with van der Waals surface area (Å²) in [5.41, 5.74) is 5.28. The molecule has 2 rings (SSSR count). The third-order valence-corrected chi connectivity index (χ3v) is 2.73. The second-order valence-corrected chi connectivity index (χ2v) is 3.47. The van der Waals surface area contributed by atoms with Crippen LogP contribution in [-0.2, 0) is 4.74 Å². The van der Waals surface area contributed by atoms with E-state index in [1.165, 1.54) is 22.3 Å². The molecule has 1 nitrogen and oxygen atoms in total. The van der Waals surface area contributed by atoms with Crippen LogP contribution < -0.4 is 0 Å². The van der Waals surface area contributed by atoms with Crippen molar-refractivity contribution in [3.8, 4) is 0 Å². The van der Waals surface area contributed by atoms with Crippen molar-refractivity contribution in [2.24, 2.45) is 0 Å². The molecule has 1 radical (unpaired) electrons. The molecule has 0 spiro atoms. The van der Waals surface area contributed by atoms with E-state index in [2.05, 4.69) is 26.8 Å². The highest BCUT2D eigenvalue weighted by atomic mass is 16.5. The van der Waals surface area contributed by atoms with E-state index < -0.39 is 0 Å². The smallest absolute Gasteiger partial charge is 0.171 e. The van der Waals surface area contributed by atoms with Gasteiger partial charge in [0.1, 0.15) is 5.76 Å². The maximum atomic E-state index is 5.60. The summed E-state index contributed by atoms with van der Waals surface area (Å²) in [6.07, 6.45) is 3.16. The molecular weight excluding hydrogens is 148 g/mol. The quantitative estimate of drug-likeness (QED) is 0.530. The summed E-state index contributed by atoms with van der Waals surface area (Å²) in [7, 11) is 0. The fourth-order valence-corrected chi connectivity index (χ4v) is 1.72. The Hall–Kier alpha value is -0.980. The summed E-state index contributed by atoms with van der Waals surface area (Å²) in [6.45, 7) is 8.41. The predicted octanol–water partition coefficient (Wildman–Crippen LogP) is 3.12. The standard InChI is InChI=1S/C11H13O/c1-6-5-10-11(7(6)2)8(3)9(4)12-10/h5H,1-4H3. The normalized spacial score (nSPS) is 23.2. The minimum absolute atomic E-state index is 1.04. The lowest BCUT2D eigenvalue weighted by molar-refractivity contribution is 0.278. The van der Waals surface area contributed by atoms with Gasteiger partial charge in [0.25, 0.3) is 0 Å². The van der Waals surface area contributed by atoms with E-state index in [0.717, 1.165) is 11.9 Å². The van der Waals surface area contributed by atoms with Crippen molar-refractivity contribution in [3.05, 3.63) is 40.2 Å². The first kappa shape index (κ1) is 7.66. The van der Waals surface area contributed by atoms with Gasteiger partial charge in [0, 0.05) is 5.57 Å². The Balaban J connectivity index is 2.55. The van der Waals surface area contributed by atoms with Gasteiger partial charge in [0.05, 0.1) is 0 Å². The maximum absolute atomic E-state index is 5.60. The van der Waals surface area contributed by atoms with Gasteiger partial charge in [-0.2, -0.15) is 0 Å². The van der Waals surface area contributed by atoms with Gasteiger partial charge < -0.3 is 4.74 Å². The molecular formula is C11H13O. The van der Waals surface area contributed by atoms with Gasteiger partial charge >= 0.3 is 0 Å². The molecule has 0 aromatic rings. The van der Waals surface area contributed by atoms with Crippen LogP contribution >= 0.6 is 0 Å². The van der Waals surface area contributed by atoms with Crippen LogP contribution in [-0.4, -0.2) is 0 Å². The van der Waals surface area contributed by atoms with Gasteiger partial charge in [-0.15, -0.1) is 0 Å². The second-order valence-electron chi connectivity index (χ2n) is 3.47. The summed E-state index contributed by atoms with van der Waals surface area (Å²) in [5.74, 6) is 1.04. The van der Waals surface area contributed by atoms with Gasteiger partial charge in [-0.25, -0.2) is 0 Å². The first-order chi connectivity index (χ1) is 5.61. The van der Waals surface area contributed by atoms with Crippen molar-refractivity contribution in [2.75, 3.05) is 0 Å². The van der Waals surface area contributed by atoms with Crippen molar-refractivity contribution in [1.29, 1.82) is 0 Å². The van der Waals surface area contributed by atoms with Crippen LogP contribution in [0.2, 0.25) is 0 Å². The van der Waals surface area contributed by atoms with Crippen molar-refractivity contribution < 1.29 is 4.74 Å². The monoisotopic (exact) mass is 161 g/mol. The lowest BCUT2D eigenvalue weighted by atomic mass is 10.0. The SMILES string of the molecule is C[C]1OC2=CC(C)=C(C)C2=C1C. The van der Waals surface area contributed by atoms with E-state index in [-0.39, 0.29) is 0 Å². The fourth-order valence-electron chi connectivity index (χ4n) is 1.72. The molecule has 0 N–H and O–H groups in total. The van der Waals surface area contributed by atoms with Gasteiger partial charge in [-0.05, 0) is 50.5 Å². The number of allylic oxidation sites excluding steroid dienone is 3. The van der Waals surface area contributed by atoms with Crippen LogP contribution in [0.4, 0.5) is 0 Å². The summed E-state index contributed by atoms with van der Waals surface area (Å²) in [4.78, 5) is 0. The summed E-state index contributed by atoms with van der Waals surface area (Å²) in [5, 5.41) is 0. The molecule has 1 aliphatic carbocycles. The lowest BCUT2D eigenvalue weighted by Crippen LogP contribution is -1.89. The zero-order valence-corrected chi connectivity index (χ0v) is 7.99. The maximum Gasteiger partial charge on any atom is 0.171 e. The number of hydrogen-bond donors (Lipinski definition) is 0. The van der Waals surface area contributed by atoms with E-state index >= 15 is 0 Å². The van der Waals surface area contributed by atoms with Crippen molar-refractivity contribution in [3.63, 3.8) is 0 Å². The topological polar surface area (TPSA) is 9.23 Å². The minimum Gasteiger partial charge on any atom is -0.478 e. The average molecular weight is 161 g/mol. The molecule has 2 aliphatic rings. The van der Waals surface area contributed by atoms with Crippen LogP contribution in [0.1, 0.15) is 27.7 Å². The Morgan fingerprint density at radius 2 is 1.67 bits per heavy atom. The van der Waals surface area contributed by atoms with Crippen molar-refractivity contribution in [2.45, 2.75) is 27.7 Å². The van der Waals surface area contributed by atoms with Crippen molar-refractivity contribution >= 4 is 0 Å². The van der Waals surface area contributed by atoms with Gasteiger partial charge in [0.15, 0.2) is 6.10 Å². The molecule has 0 saturated carbocycles. The molecule has 0 amide bonds. The van der Waals surface area contributed by atoms with Gasteiger partial charge in [-0.3, -0.25) is 0 Å². The van der Waals surface area contributed by atoms with E-state index in [4.69, 9.17) is 4.74 Å². The molecule has 0 aromatic heterocycles. The van der Waals surface area contributed by atoms with Crippen LogP contribution in [0.15, 0.2) is 34.1 Å². The minimum atomic E-state index is 1.04. The average Bonchev–Trinajstić information content (AvgIpc) is 2.40. The second kappa shape index (κ2) is 2.25. The van der Waals surface area contributed by atoms with Crippen LogP contribution in [0.5, 0.6) is 0 Å². The first-order valence-electron chi connectivity index (χ1n) is 4.24. The van der Waals surface area contributed by atoms with Crippen LogP contribution in [0, 0.1) is 6.10 Å². The molecule has 0 atom stereocenters. The Kier molecular flexibility index (Phi) is 1.44. The highest BCUT2D eigenvalue weighted by molar-refractivity contribution is 5.62. The van der Waals surface area contributed by atoms with Crippen LogP contribution in [0.25, 0.3) is 0 Å². The molecule has 12 heavy (non-hydrogen) atoms. The highest BCUT2D eigenvalue weighted by Crippen LogP contribution is 2.43. The molecule has 0 bridgehead atoms. The molecule has 1 heteroatoms. The summed E-state index contributed by atoms with van der Waals surface area (Å²) in [6, 6.07) is 0. The predicted molar refractivity (Wildman–Crippen MR) is 49.2 cm³/mol. The van der Waals surface area contributed by atoms with Gasteiger partial charge in [0.2, 0.25) is 0 Å². The Morgan fingerprint density at radius 3 is 2.25 bits per heavy atom. The van der Waals surface area contributed by atoms with Crippen molar-refractivity contribution in [1.82, 2.24) is 0 Å². The number of ether oxygens (including phenoxy) is 1. The van der Waals surface area contributed by atoms with E-state index in [1.807, 2.05) is 6.92 Å². The Morgan fingerprint density at radius 1 is 1.00 bits per heavy atom. The molecule has 0 aromatic carbocycles. The Bertz CT molecular complexity index is 329. The van der Waals surface area contributed by atoms with E-state index in [1.54, 1.807) is 0 Å². The zero-order valence-electron chi connectivity index (χ0n) is 7.99. The number of hydrogen-bond acceptors (Lipinski definition) is 1. The molecule has 1 aliphatic heterocycles. The van der Waals surface area contributed by atoms with E-state index in [0.29, 0.717) is 0 Å². The summed E-state index contributed by atoms with van der Waals surface area (Å²) < 4.78 is 5.60. The molecule has 0 unspecified atom stereocenters. The fraction of sp³-hybridized carbons (Fsp3) is 0.364. The zero-order chi connectivity index (χ0) is 8.88. The molecule has 63 valence electrons. The van der Waals surface area contributed by atoms with Crippen LogP contribution in [0.3, 0.4) is 0 Å². The largest absolute Gasteiger partial charge is 0.478 e. The highest BCUT2D eigenvalue weighted by Gasteiger charge is 2.30. The first-order valence-corrected chi connectivity index (χ1v) is 4.24. The molecule has 0 fully saturated rings. The van der Waals surface area contributed by atoms with Gasteiger partial charge in [-0.1, -0.05) is 0 Å². The Labute approximate surface area is 73.4 Å². The summed E-state index contributed by atoms with van der Waals surface area (Å²) >= 11 is 0. The lowest BCUT2D eigenvalue weighted by Gasteiger charge is -2.03. The number of fused-ring (bicyclic) bond motifs is 1. The third-order valence-electron chi connectivity index (χ3n) is 2.73. The molecule has 1 heterocycles.